The number of hydrogen-bond acceptors (Lipinski definition) is 4. The summed E-state index contributed by atoms with van der Waals surface area (Å²) in [4.78, 5) is 2.62. The van der Waals surface area contributed by atoms with Crippen molar-refractivity contribution in [2.24, 2.45) is 0 Å². The smallest absolute Gasteiger partial charge is 0.243 e. The molecule has 0 aromatic heterocycles. The molecule has 1 saturated heterocycles. The lowest BCUT2D eigenvalue weighted by molar-refractivity contribution is 0.0730. The fourth-order valence-electron chi connectivity index (χ4n) is 3.54. The molecule has 0 spiro atoms. The van der Waals surface area contributed by atoms with Crippen molar-refractivity contribution >= 4 is 27.3 Å². The number of fused-ring (bicyclic) bond motifs is 1. The second-order valence-electron chi connectivity index (χ2n) is 6.57. The van der Waals surface area contributed by atoms with E-state index in [0.717, 1.165) is 41.3 Å². The first-order chi connectivity index (χ1) is 12.6. The van der Waals surface area contributed by atoms with Crippen molar-refractivity contribution in [3.8, 4) is 0 Å². The summed E-state index contributed by atoms with van der Waals surface area (Å²) >= 11 is 6.28. The predicted molar refractivity (Wildman–Crippen MR) is 102 cm³/mol. The highest BCUT2D eigenvalue weighted by molar-refractivity contribution is 7.89. The average Bonchev–Trinajstić information content (AvgIpc) is 3.06. The molecule has 0 amide bonds. The topological polar surface area (TPSA) is 49.9 Å². The zero-order chi connectivity index (χ0) is 18.1. The number of anilines is 1. The van der Waals surface area contributed by atoms with Crippen molar-refractivity contribution in [2.75, 3.05) is 37.7 Å². The normalized spacial score (nSPS) is 18.1. The summed E-state index contributed by atoms with van der Waals surface area (Å²) in [5, 5.41) is 0.757. The number of benzene rings is 2. The summed E-state index contributed by atoms with van der Waals surface area (Å²) in [6, 6.07) is 13.3. The van der Waals surface area contributed by atoms with Crippen LogP contribution in [0.5, 0.6) is 0 Å². The van der Waals surface area contributed by atoms with Crippen molar-refractivity contribution in [3.63, 3.8) is 0 Å². The first-order valence-corrected chi connectivity index (χ1v) is 10.6. The van der Waals surface area contributed by atoms with Gasteiger partial charge in [-0.1, -0.05) is 29.8 Å². The maximum Gasteiger partial charge on any atom is 0.243 e. The minimum atomic E-state index is -3.45. The van der Waals surface area contributed by atoms with E-state index in [1.54, 1.807) is 6.07 Å². The molecule has 0 saturated carbocycles. The molecule has 0 aliphatic carbocycles. The summed E-state index contributed by atoms with van der Waals surface area (Å²) in [5.41, 5.74) is 3.24. The molecule has 4 rings (SSSR count). The summed E-state index contributed by atoms with van der Waals surface area (Å²) in [7, 11) is -3.45. The molecule has 7 heteroatoms. The van der Waals surface area contributed by atoms with Crippen LogP contribution in [0, 0.1) is 0 Å². The van der Waals surface area contributed by atoms with Gasteiger partial charge in [-0.05, 0) is 41.8 Å². The van der Waals surface area contributed by atoms with Gasteiger partial charge in [0.05, 0.1) is 18.1 Å². The second-order valence-corrected chi connectivity index (χ2v) is 8.92. The highest BCUT2D eigenvalue weighted by Crippen LogP contribution is 2.33. The fraction of sp³-hybridized carbons (Fsp3) is 0.368. The number of hydrogen-bond donors (Lipinski definition) is 0. The Balaban J connectivity index is 1.58. The van der Waals surface area contributed by atoms with E-state index in [1.807, 2.05) is 36.4 Å². The van der Waals surface area contributed by atoms with Crippen LogP contribution < -0.4 is 4.90 Å². The Kier molecular flexibility index (Phi) is 4.92. The van der Waals surface area contributed by atoms with Gasteiger partial charge in [0, 0.05) is 36.9 Å². The van der Waals surface area contributed by atoms with Crippen LogP contribution in [0.4, 0.5) is 5.69 Å². The third-order valence-corrected chi connectivity index (χ3v) is 7.23. The van der Waals surface area contributed by atoms with E-state index in [9.17, 15) is 8.42 Å². The summed E-state index contributed by atoms with van der Waals surface area (Å²) < 4.78 is 32.5. The minimum absolute atomic E-state index is 0.373. The maximum absolute atomic E-state index is 12.8. The van der Waals surface area contributed by atoms with E-state index in [4.69, 9.17) is 16.3 Å². The molecule has 0 atom stereocenters. The predicted octanol–water partition coefficient (Wildman–Crippen LogP) is 2.92. The van der Waals surface area contributed by atoms with E-state index in [1.165, 1.54) is 4.31 Å². The van der Waals surface area contributed by atoms with Crippen LogP contribution in [0.15, 0.2) is 47.4 Å². The van der Waals surface area contributed by atoms with Crippen LogP contribution in [0.1, 0.15) is 11.1 Å². The van der Waals surface area contributed by atoms with Crippen LogP contribution in [-0.4, -0.2) is 45.6 Å². The molecule has 0 N–H and O–H groups in total. The lowest BCUT2D eigenvalue weighted by Gasteiger charge is -2.26. The highest BCUT2D eigenvalue weighted by Gasteiger charge is 2.28. The van der Waals surface area contributed by atoms with E-state index in [0.29, 0.717) is 31.2 Å². The molecule has 2 heterocycles. The average molecular weight is 393 g/mol. The Labute approximate surface area is 159 Å². The van der Waals surface area contributed by atoms with Crippen molar-refractivity contribution in [1.29, 1.82) is 0 Å². The van der Waals surface area contributed by atoms with Gasteiger partial charge >= 0.3 is 0 Å². The fourth-order valence-corrected chi connectivity index (χ4v) is 5.19. The summed E-state index contributed by atoms with van der Waals surface area (Å²) in [5.74, 6) is 0. The van der Waals surface area contributed by atoms with Crippen molar-refractivity contribution in [2.45, 2.75) is 17.9 Å². The largest absolute Gasteiger partial charge is 0.379 e. The van der Waals surface area contributed by atoms with Crippen molar-refractivity contribution in [1.82, 2.24) is 4.31 Å². The van der Waals surface area contributed by atoms with Gasteiger partial charge < -0.3 is 9.64 Å². The zero-order valence-corrected chi connectivity index (χ0v) is 16.0. The molecule has 0 radical (unpaired) electrons. The van der Waals surface area contributed by atoms with Gasteiger partial charge in [0.25, 0.3) is 0 Å². The quantitative estimate of drug-likeness (QED) is 0.802. The number of ether oxygens (including phenoxy) is 1. The molecule has 5 nitrogen and oxygen atoms in total. The minimum Gasteiger partial charge on any atom is -0.379 e. The zero-order valence-electron chi connectivity index (χ0n) is 14.4. The third kappa shape index (κ3) is 3.34. The van der Waals surface area contributed by atoms with Crippen LogP contribution in [-0.2, 0) is 27.7 Å². The van der Waals surface area contributed by atoms with E-state index in [-0.39, 0.29) is 0 Å². The number of sulfonamides is 1. The highest BCUT2D eigenvalue weighted by atomic mass is 35.5. The Hall–Kier alpha value is -1.60. The first kappa shape index (κ1) is 17.8. The molecule has 138 valence electrons. The molecule has 2 aliphatic rings. The van der Waals surface area contributed by atoms with Crippen LogP contribution >= 0.6 is 11.6 Å². The van der Waals surface area contributed by atoms with Gasteiger partial charge in [0.1, 0.15) is 0 Å². The Morgan fingerprint density at radius 1 is 1.04 bits per heavy atom. The van der Waals surface area contributed by atoms with Gasteiger partial charge in [-0.2, -0.15) is 4.31 Å². The van der Waals surface area contributed by atoms with Crippen LogP contribution in [0.2, 0.25) is 5.02 Å². The van der Waals surface area contributed by atoms with Gasteiger partial charge in [-0.15, -0.1) is 0 Å². The molecule has 0 unspecified atom stereocenters. The molecule has 26 heavy (non-hydrogen) atoms. The third-order valence-electron chi connectivity index (χ3n) is 4.97. The Bertz CT molecular complexity index is 911. The van der Waals surface area contributed by atoms with E-state index in [2.05, 4.69) is 4.90 Å². The van der Waals surface area contributed by atoms with Crippen molar-refractivity contribution in [3.05, 3.63) is 58.6 Å². The molecular weight excluding hydrogens is 372 g/mol. The molecule has 2 aliphatic heterocycles. The van der Waals surface area contributed by atoms with Gasteiger partial charge in [-0.25, -0.2) is 8.42 Å². The van der Waals surface area contributed by atoms with Crippen LogP contribution in [0.25, 0.3) is 0 Å². The standard InChI is InChI=1S/C19H21ClN2O3S/c20-18-4-2-1-3-16(18)14-21-8-7-15-13-17(5-6-19(15)21)26(23,24)22-9-11-25-12-10-22/h1-6,13H,7-12,14H2. The van der Waals surface area contributed by atoms with E-state index < -0.39 is 10.0 Å². The molecule has 2 aromatic rings. The maximum atomic E-state index is 12.8. The van der Waals surface area contributed by atoms with Crippen molar-refractivity contribution < 1.29 is 13.2 Å². The lowest BCUT2D eigenvalue weighted by atomic mass is 10.1. The Morgan fingerprint density at radius 3 is 2.58 bits per heavy atom. The summed E-state index contributed by atoms with van der Waals surface area (Å²) in [6.07, 6.45) is 0.840. The SMILES string of the molecule is O=S(=O)(c1ccc2c(c1)CCN2Cc1ccccc1Cl)N1CCOCC1. The van der Waals surface area contributed by atoms with Crippen LogP contribution in [0.3, 0.4) is 0 Å². The molecule has 0 bridgehead atoms. The van der Waals surface area contributed by atoms with Gasteiger partial charge in [0.15, 0.2) is 0 Å². The van der Waals surface area contributed by atoms with Gasteiger partial charge in [-0.3, -0.25) is 0 Å². The number of nitrogens with zero attached hydrogens (tertiary/aromatic N) is 2. The van der Waals surface area contributed by atoms with Gasteiger partial charge in [0.2, 0.25) is 10.0 Å². The number of halogens is 1. The molecule has 1 fully saturated rings. The number of rotatable bonds is 4. The second kappa shape index (κ2) is 7.19. The van der Waals surface area contributed by atoms with E-state index >= 15 is 0 Å². The summed E-state index contributed by atoms with van der Waals surface area (Å²) in [6.45, 7) is 3.32. The monoisotopic (exact) mass is 392 g/mol. The Morgan fingerprint density at radius 2 is 1.81 bits per heavy atom. The first-order valence-electron chi connectivity index (χ1n) is 8.75. The molecular formula is C19H21ClN2O3S. The number of morpholine rings is 1. The lowest BCUT2D eigenvalue weighted by Crippen LogP contribution is -2.40. The molecule has 2 aromatic carbocycles.